The zero-order valence-corrected chi connectivity index (χ0v) is 11.0. The van der Waals surface area contributed by atoms with Crippen LogP contribution < -0.4 is 11.5 Å². The number of hydrogen-bond donors (Lipinski definition) is 2. The van der Waals surface area contributed by atoms with Gasteiger partial charge >= 0.3 is 0 Å². The molecule has 1 saturated carbocycles. The van der Waals surface area contributed by atoms with E-state index in [2.05, 4.69) is 0 Å². The second-order valence-corrected chi connectivity index (χ2v) is 6.29. The average Bonchev–Trinajstić information content (AvgIpc) is 2.69. The lowest BCUT2D eigenvalue weighted by Gasteiger charge is -2.45. The van der Waals surface area contributed by atoms with E-state index in [9.17, 15) is 4.79 Å². The lowest BCUT2D eigenvalue weighted by Crippen LogP contribution is -2.48. The highest BCUT2D eigenvalue weighted by molar-refractivity contribution is 5.82. The van der Waals surface area contributed by atoms with Gasteiger partial charge in [-0.15, -0.1) is 0 Å². The summed E-state index contributed by atoms with van der Waals surface area (Å²) in [5, 5.41) is 0. The van der Waals surface area contributed by atoms with Gasteiger partial charge in [-0.2, -0.15) is 0 Å². The van der Waals surface area contributed by atoms with E-state index in [1.807, 2.05) is 18.7 Å². The molecule has 0 aromatic rings. The van der Waals surface area contributed by atoms with Crippen molar-refractivity contribution >= 4 is 5.91 Å². The summed E-state index contributed by atoms with van der Waals surface area (Å²) in [6.45, 7) is 6.59. The molecule has 4 nitrogen and oxygen atoms in total. The molecule has 1 spiro atoms. The van der Waals surface area contributed by atoms with E-state index in [-0.39, 0.29) is 17.9 Å². The second kappa shape index (κ2) is 4.58. The fourth-order valence-corrected chi connectivity index (χ4v) is 3.28. The summed E-state index contributed by atoms with van der Waals surface area (Å²) >= 11 is 0. The van der Waals surface area contributed by atoms with Gasteiger partial charge in [0.15, 0.2) is 0 Å². The third-order valence-corrected chi connectivity index (χ3v) is 4.53. The molecule has 17 heavy (non-hydrogen) atoms. The third-order valence-electron chi connectivity index (χ3n) is 4.53. The smallest absolute Gasteiger partial charge is 0.239 e. The van der Waals surface area contributed by atoms with E-state index < -0.39 is 0 Å². The Morgan fingerprint density at radius 1 is 1.47 bits per heavy atom. The van der Waals surface area contributed by atoms with Crippen molar-refractivity contribution in [1.29, 1.82) is 0 Å². The highest BCUT2D eigenvalue weighted by Gasteiger charge is 2.49. The number of carbonyl (C=O) groups excluding carboxylic acids is 1. The number of nitrogens with two attached hydrogens (primary N) is 2. The first kappa shape index (κ1) is 12.8. The van der Waals surface area contributed by atoms with Crippen LogP contribution in [0.2, 0.25) is 0 Å². The first-order chi connectivity index (χ1) is 7.97. The van der Waals surface area contributed by atoms with Crippen molar-refractivity contribution in [1.82, 2.24) is 4.90 Å². The molecule has 4 N–H and O–H groups in total. The summed E-state index contributed by atoms with van der Waals surface area (Å²) in [4.78, 5) is 14.1. The minimum absolute atomic E-state index is 0.132. The molecule has 0 aromatic carbocycles. The van der Waals surface area contributed by atoms with Gasteiger partial charge in [0.25, 0.3) is 0 Å². The Morgan fingerprint density at radius 3 is 2.65 bits per heavy atom. The Morgan fingerprint density at radius 2 is 2.12 bits per heavy atom. The van der Waals surface area contributed by atoms with Gasteiger partial charge in [0.2, 0.25) is 5.91 Å². The zero-order valence-electron chi connectivity index (χ0n) is 11.0. The molecule has 1 saturated heterocycles. The third kappa shape index (κ3) is 2.33. The van der Waals surface area contributed by atoms with Crippen LogP contribution in [0, 0.1) is 17.3 Å². The number of rotatable bonds is 3. The summed E-state index contributed by atoms with van der Waals surface area (Å²) in [5.41, 5.74) is 12.0. The first-order valence-corrected chi connectivity index (χ1v) is 6.72. The molecule has 1 aliphatic heterocycles. The molecule has 4 heteroatoms. The minimum atomic E-state index is -0.337. The van der Waals surface area contributed by atoms with Crippen LogP contribution in [0.15, 0.2) is 0 Å². The Hall–Kier alpha value is -0.610. The predicted octanol–water partition coefficient (Wildman–Crippen LogP) is 0.557. The van der Waals surface area contributed by atoms with Gasteiger partial charge in [-0.1, -0.05) is 13.8 Å². The van der Waals surface area contributed by atoms with Crippen molar-refractivity contribution in [3.63, 3.8) is 0 Å². The van der Waals surface area contributed by atoms with Gasteiger partial charge in [-0.05, 0) is 43.1 Å². The molecular weight excluding hydrogens is 214 g/mol. The van der Waals surface area contributed by atoms with Crippen LogP contribution in [-0.4, -0.2) is 36.5 Å². The van der Waals surface area contributed by atoms with Crippen molar-refractivity contribution in [2.45, 2.75) is 39.2 Å². The van der Waals surface area contributed by atoms with E-state index in [1.165, 1.54) is 12.8 Å². The van der Waals surface area contributed by atoms with Crippen LogP contribution >= 0.6 is 0 Å². The SMILES string of the molecule is CC(C)[C@H](N)C(=O)N1CCC2(CC(CN)C2)C1. The molecule has 1 amide bonds. The van der Waals surface area contributed by atoms with Crippen molar-refractivity contribution in [3.05, 3.63) is 0 Å². The molecular formula is C13H25N3O. The lowest BCUT2D eigenvalue weighted by molar-refractivity contribution is -0.133. The fraction of sp³-hybridized carbons (Fsp3) is 0.923. The molecule has 0 aromatic heterocycles. The molecule has 1 aliphatic carbocycles. The normalized spacial score (nSPS) is 34.2. The Balaban J connectivity index is 1.88. The molecule has 1 heterocycles. The van der Waals surface area contributed by atoms with Crippen LogP contribution in [0.4, 0.5) is 0 Å². The van der Waals surface area contributed by atoms with Crippen molar-refractivity contribution in [2.75, 3.05) is 19.6 Å². The Labute approximate surface area is 104 Å². The monoisotopic (exact) mass is 239 g/mol. The summed E-state index contributed by atoms with van der Waals surface area (Å²) in [6, 6.07) is -0.337. The summed E-state index contributed by atoms with van der Waals surface area (Å²) in [7, 11) is 0. The van der Waals surface area contributed by atoms with Gasteiger partial charge in [0, 0.05) is 13.1 Å². The lowest BCUT2D eigenvalue weighted by atomic mass is 9.61. The summed E-state index contributed by atoms with van der Waals surface area (Å²) in [6.07, 6.45) is 3.54. The molecule has 0 bridgehead atoms. The van der Waals surface area contributed by atoms with Crippen LogP contribution in [-0.2, 0) is 4.79 Å². The zero-order chi connectivity index (χ0) is 12.6. The summed E-state index contributed by atoms with van der Waals surface area (Å²) in [5.74, 6) is 1.04. The van der Waals surface area contributed by atoms with Crippen LogP contribution in [0.3, 0.4) is 0 Å². The molecule has 98 valence electrons. The molecule has 2 fully saturated rings. The van der Waals surface area contributed by atoms with Crippen LogP contribution in [0.1, 0.15) is 33.1 Å². The first-order valence-electron chi connectivity index (χ1n) is 6.72. The van der Waals surface area contributed by atoms with Gasteiger partial charge in [-0.3, -0.25) is 4.79 Å². The largest absolute Gasteiger partial charge is 0.341 e. The van der Waals surface area contributed by atoms with Gasteiger partial charge < -0.3 is 16.4 Å². The van der Waals surface area contributed by atoms with E-state index in [1.54, 1.807) is 0 Å². The number of nitrogens with zero attached hydrogens (tertiary/aromatic N) is 1. The predicted molar refractivity (Wildman–Crippen MR) is 68.2 cm³/mol. The Bertz CT molecular complexity index is 297. The average molecular weight is 239 g/mol. The highest BCUT2D eigenvalue weighted by atomic mass is 16.2. The number of likely N-dealkylation sites (tertiary alicyclic amines) is 1. The molecule has 0 unspecified atom stereocenters. The fourth-order valence-electron chi connectivity index (χ4n) is 3.28. The maximum Gasteiger partial charge on any atom is 0.239 e. The second-order valence-electron chi connectivity index (χ2n) is 6.29. The molecule has 2 rings (SSSR count). The van der Waals surface area contributed by atoms with Crippen LogP contribution in [0.5, 0.6) is 0 Å². The van der Waals surface area contributed by atoms with E-state index in [0.29, 0.717) is 11.3 Å². The maximum atomic E-state index is 12.1. The molecule has 0 radical (unpaired) electrons. The van der Waals surface area contributed by atoms with Crippen LogP contribution in [0.25, 0.3) is 0 Å². The number of amides is 1. The standard InChI is InChI=1S/C13H25N3O/c1-9(2)11(15)12(17)16-4-3-13(8-16)5-10(6-13)7-14/h9-11H,3-8,14-15H2,1-2H3/t10?,11-,13?/m0/s1. The quantitative estimate of drug-likeness (QED) is 0.756. The van der Waals surface area contributed by atoms with Crippen molar-refractivity contribution < 1.29 is 4.79 Å². The number of carbonyl (C=O) groups is 1. The van der Waals surface area contributed by atoms with E-state index >= 15 is 0 Å². The summed E-state index contributed by atoms with van der Waals surface area (Å²) < 4.78 is 0. The molecule has 2 aliphatic rings. The highest BCUT2D eigenvalue weighted by Crippen LogP contribution is 2.51. The van der Waals surface area contributed by atoms with E-state index in [4.69, 9.17) is 11.5 Å². The van der Waals surface area contributed by atoms with E-state index in [0.717, 1.165) is 26.1 Å². The topological polar surface area (TPSA) is 72.4 Å². The Kier molecular flexibility index (Phi) is 3.46. The van der Waals surface area contributed by atoms with Gasteiger partial charge in [-0.25, -0.2) is 0 Å². The van der Waals surface area contributed by atoms with Crippen molar-refractivity contribution in [2.24, 2.45) is 28.7 Å². The number of hydrogen-bond acceptors (Lipinski definition) is 3. The van der Waals surface area contributed by atoms with Gasteiger partial charge in [0.1, 0.15) is 0 Å². The van der Waals surface area contributed by atoms with Gasteiger partial charge in [0.05, 0.1) is 6.04 Å². The minimum Gasteiger partial charge on any atom is -0.341 e. The maximum absolute atomic E-state index is 12.1. The molecule has 1 atom stereocenters. The van der Waals surface area contributed by atoms with Crippen molar-refractivity contribution in [3.8, 4) is 0 Å².